The van der Waals surface area contributed by atoms with Crippen LogP contribution in [0.3, 0.4) is 0 Å². The summed E-state index contributed by atoms with van der Waals surface area (Å²) in [4.78, 5) is 25.4. The fraction of sp³-hybridized carbons (Fsp3) is 0.120. The van der Waals surface area contributed by atoms with Crippen molar-refractivity contribution in [2.75, 3.05) is 19.5 Å². The lowest BCUT2D eigenvalue weighted by atomic mass is 10.1. The van der Waals surface area contributed by atoms with E-state index in [0.29, 0.717) is 22.7 Å². The molecule has 0 heterocycles. The fourth-order valence-electron chi connectivity index (χ4n) is 2.87. The normalized spacial score (nSPS) is 11.5. The molecule has 0 saturated heterocycles. The highest BCUT2D eigenvalue weighted by Crippen LogP contribution is 2.23. The van der Waals surface area contributed by atoms with Gasteiger partial charge in [0.25, 0.3) is 5.91 Å². The Morgan fingerprint density at radius 3 is 2.23 bits per heavy atom. The smallest absolute Gasteiger partial charge is 0.331 e. The molecule has 0 aliphatic carbocycles. The van der Waals surface area contributed by atoms with E-state index >= 15 is 0 Å². The molecule has 0 bridgehead atoms. The maximum Gasteiger partial charge on any atom is 0.331 e. The molecular weight excluding hydrogens is 394 g/mol. The highest BCUT2D eigenvalue weighted by molar-refractivity contribution is 5.97. The van der Waals surface area contributed by atoms with Crippen molar-refractivity contribution in [2.45, 2.75) is 6.10 Å². The molecule has 0 fully saturated rings. The van der Waals surface area contributed by atoms with E-state index in [9.17, 15) is 9.59 Å². The van der Waals surface area contributed by atoms with Crippen molar-refractivity contribution >= 4 is 23.6 Å². The number of benzene rings is 3. The fourth-order valence-corrected chi connectivity index (χ4v) is 2.87. The van der Waals surface area contributed by atoms with E-state index in [0.717, 1.165) is 5.56 Å². The predicted molar refractivity (Wildman–Crippen MR) is 119 cm³/mol. The van der Waals surface area contributed by atoms with Crippen molar-refractivity contribution in [3.63, 3.8) is 0 Å². The predicted octanol–water partition coefficient (Wildman–Crippen LogP) is 4.64. The second kappa shape index (κ2) is 10.6. The first-order valence-corrected chi connectivity index (χ1v) is 9.61. The molecule has 1 N–H and O–H groups in total. The number of methoxy groups -OCH3 is 2. The lowest BCUT2D eigenvalue weighted by Gasteiger charge is -2.17. The van der Waals surface area contributed by atoms with E-state index in [2.05, 4.69) is 5.32 Å². The molecule has 0 saturated carbocycles. The van der Waals surface area contributed by atoms with Crippen molar-refractivity contribution in [2.24, 2.45) is 0 Å². The molecule has 0 aliphatic rings. The Morgan fingerprint density at radius 2 is 1.52 bits per heavy atom. The first kappa shape index (κ1) is 21.6. The molecule has 1 unspecified atom stereocenters. The Labute approximate surface area is 181 Å². The van der Waals surface area contributed by atoms with E-state index in [4.69, 9.17) is 14.2 Å². The minimum Gasteiger partial charge on any atom is -0.497 e. The Kier molecular flexibility index (Phi) is 7.43. The van der Waals surface area contributed by atoms with Crippen LogP contribution in [0.2, 0.25) is 0 Å². The molecule has 6 heteroatoms. The largest absolute Gasteiger partial charge is 0.497 e. The minimum atomic E-state index is -1.12. The molecule has 1 amide bonds. The zero-order valence-electron chi connectivity index (χ0n) is 17.3. The van der Waals surface area contributed by atoms with Gasteiger partial charge in [0.2, 0.25) is 6.10 Å². The summed E-state index contributed by atoms with van der Waals surface area (Å²) in [7, 11) is 3.12. The van der Waals surface area contributed by atoms with E-state index in [1.165, 1.54) is 6.08 Å². The van der Waals surface area contributed by atoms with Crippen LogP contribution in [0.1, 0.15) is 17.2 Å². The average molecular weight is 417 g/mol. The van der Waals surface area contributed by atoms with Crippen LogP contribution in [0.5, 0.6) is 11.5 Å². The van der Waals surface area contributed by atoms with Crippen LogP contribution < -0.4 is 14.8 Å². The molecule has 158 valence electrons. The average Bonchev–Trinajstić information content (AvgIpc) is 2.82. The standard InChI is InChI=1S/C25H23NO5/c1-29-21-12-6-8-18(16-21)14-15-23(27)31-24(19-9-4-3-5-10-19)25(28)26-20-11-7-13-22(17-20)30-2/h3-17,24H,1-2H3,(H,26,28)/b15-14+. The second-order valence-corrected chi connectivity index (χ2v) is 6.56. The maximum absolute atomic E-state index is 12.9. The lowest BCUT2D eigenvalue weighted by molar-refractivity contribution is -0.149. The second-order valence-electron chi connectivity index (χ2n) is 6.56. The number of carbonyl (C=O) groups is 2. The van der Waals surface area contributed by atoms with Gasteiger partial charge >= 0.3 is 5.97 Å². The summed E-state index contributed by atoms with van der Waals surface area (Å²) in [5.41, 5.74) is 1.87. The van der Waals surface area contributed by atoms with Gasteiger partial charge in [-0.3, -0.25) is 4.79 Å². The molecular formula is C25H23NO5. The minimum absolute atomic E-state index is 0.470. The SMILES string of the molecule is COc1cccc(/C=C/C(=O)OC(C(=O)Nc2cccc(OC)c2)c2ccccc2)c1. The number of carbonyl (C=O) groups excluding carboxylic acids is 2. The molecule has 1 atom stereocenters. The van der Waals surface area contributed by atoms with Gasteiger partial charge < -0.3 is 19.5 Å². The van der Waals surface area contributed by atoms with Gasteiger partial charge in [0.15, 0.2) is 0 Å². The van der Waals surface area contributed by atoms with Crippen molar-refractivity contribution < 1.29 is 23.8 Å². The van der Waals surface area contributed by atoms with Crippen molar-refractivity contribution in [1.29, 1.82) is 0 Å². The van der Waals surface area contributed by atoms with Crippen molar-refractivity contribution in [3.05, 3.63) is 96.1 Å². The first-order valence-electron chi connectivity index (χ1n) is 9.61. The van der Waals surface area contributed by atoms with Gasteiger partial charge in [-0.05, 0) is 35.9 Å². The van der Waals surface area contributed by atoms with Crippen LogP contribution in [0.25, 0.3) is 6.08 Å². The number of amides is 1. The van der Waals surface area contributed by atoms with Gasteiger partial charge in [0.1, 0.15) is 11.5 Å². The number of hydrogen-bond donors (Lipinski definition) is 1. The van der Waals surface area contributed by atoms with Crippen LogP contribution in [-0.2, 0) is 14.3 Å². The van der Waals surface area contributed by atoms with Crippen LogP contribution in [0.15, 0.2) is 84.9 Å². The van der Waals surface area contributed by atoms with Gasteiger partial charge in [-0.1, -0.05) is 48.5 Å². The number of ether oxygens (including phenoxy) is 3. The highest BCUT2D eigenvalue weighted by atomic mass is 16.5. The Balaban J connectivity index is 1.76. The van der Waals surface area contributed by atoms with E-state index in [-0.39, 0.29) is 0 Å². The summed E-state index contributed by atoms with van der Waals surface area (Å²) < 4.78 is 15.9. The number of esters is 1. The molecule has 0 aromatic heterocycles. The zero-order chi connectivity index (χ0) is 22.1. The van der Waals surface area contributed by atoms with Crippen LogP contribution in [-0.4, -0.2) is 26.1 Å². The summed E-state index contributed by atoms with van der Waals surface area (Å²) in [5.74, 6) is 0.169. The van der Waals surface area contributed by atoms with Gasteiger partial charge in [0, 0.05) is 23.4 Å². The third-order valence-electron chi connectivity index (χ3n) is 4.42. The quantitative estimate of drug-likeness (QED) is 0.427. The van der Waals surface area contributed by atoms with Gasteiger partial charge in [-0.15, -0.1) is 0 Å². The van der Waals surface area contributed by atoms with E-state index in [1.54, 1.807) is 74.9 Å². The van der Waals surface area contributed by atoms with E-state index in [1.807, 2.05) is 24.3 Å². The Morgan fingerprint density at radius 1 is 0.839 bits per heavy atom. The van der Waals surface area contributed by atoms with Crippen molar-refractivity contribution in [1.82, 2.24) is 0 Å². The molecule has 0 aliphatic heterocycles. The van der Waals surface area contributed by atoms with Gasteiger partial charge in [0.05, 0.1) is 14.2 Å². The van der Waals surface area contributed by atoms with Crippen LogP contribution in [0.4, 0.5) is 5.69 Å². The molecule has 0 spiro atoms. The van der Waals surface area contributed by atoms with E-state index < -0.39 is 18.0 Å². The number of anilines is 1. The molecule has 6 nitrogen and oxygen atoms in total. The molecule has 31 heavy (non-hydrogen) atoms. The third kappa shape index (κ3) is 6.21. The molecule has 3 aromatic rings. The summed E-state index contributed by atoms with van der Waals surface area (Å²) in [6.07, 6.45) is 1.77. The molecule has 0 radical (unpaired) electrons. The maximum atomic E-state index is 12.9. The summed E-state index contributed by atoms with van der Waals surface area (Å²) >= 11 is 0. The van der Waals surface area contributed by atoms with Crippen LogP contribution in [0, 0.1) is 0 Å². The highest BCUT2D eigenvalue weighted by Gasteiger charge is 2.24. The van der Waals surface area contributed by atoms with Gasteiger partial charge in [-0.2, -0.15) is 0 Å². The number of hydrogen-bond acceptors (Lipinski definition) is 5. The molecule has 3 aromatic carbocycles. The van der Waals surface area contributed by atoms with Gasteiger partial charge in [-0.25, -0.2) is 4.79 Å². The first-order chi connectivity index (χ1) is 15.1. The molecule has 3 rings (SSSR count). The monoisotopic (exact) mass is 417 g/mol. The summed E-state index contributed by atoms with van der Waals surface area (Å²) in [6.45, 7) is 0. The summed E-state index contributed by atoms with van der Waals surface area (Å²) in [6, 6.07) is 23.0. The lowest BCUT2D eigenvalue weighted by Crippen LogP contribution is -2.25. The Hall–Kier alpha value is -4.06. The van der Waals surface area contributed by atoms with Crippen molar-refractivity contribution in [3.8, 4) is 11.5 Å². The number of rotatable bonds is 8. The topological polar surface area (TPSA) is 73.9 Å². The van der Waals surface area contributed by atoms with Crippen LogP contribution >= 0.6 is 0 Å². The summed E-state index contributed by atoms with van der Waals surface area (Å²) in [5, 5.41) is 2.77. The Bertz CT molecular complexity index is 1060. The number of nitrogens with one attached hydrogen (secondary N) is 1. The third-order valence-corrected chi connectivity index (χ3v) is 4.42. The zero-order valence-corrected chi connectivity index (χ0v) is 17.3.